The van der Waals surface area contributed by atoms with Gasteiger partial charge in [-0.05, 0) is 31.1 Å². The molecule has 6 nitrogen and oxygen atoms in total. The molecule has 368 valence electrons. The molecule has 0 saturated carbocycles. The van der Waals surface area contributed by atoms with Crippen molar-refractivity contribution in [2.24, 2.45) is 11.8 Å². The maximum Gasteiger partial charge on any atom is 0.306 e. The van der Waals surface area contributed by atoms with Crippen molar-refractivity contribution >= 4 is 17.9 Å². The Kier molecular flexibility index (Phi) is 47.6. The molecule has 0 unspecified atom stereocenters. The van der Waals surface area contributed by atoms with Crippen LogP contribution in [0.3, 0.4) is 0 Å². The van der Waals surface area contributed by atoms with Gasteiger partial charge >= 0.3 is 17.9 Å². The van der Waals surface area contributed by atoms with E-state index in [0.29, 0.717) is 19.3 Å². The maximum absolute atomic E-state index is 12.8. The molecule has 0 radical (unpaired) electrons. The quantitative estimate of drug-likeness (QED) is 0.0344. The fourth-order valence-electron chi connectivity index (χ4n) is 8.52. The first kappa shape index (κ1) is 60.4. The largest absolute Gasteiger partial charge is 0.462 e. The highest BCUT2D eigenvalue weighted by atomic mass is 16.6. The van der Waals surface area contributed by atoms with E-state index in [2.05, 4.69) is 34.6 Å². The van der Waals surface area contributed by atoms with E-state index in [-0.39, 0.29) is 31.1 Å². The lowest BCUT2D eigenvalue weighted by molar-refractivity contribution is -0.167. The molecule has 0 aliphatic heterocycles. The SMILES string of the molecule is CCCCCCCCCCCCCCCC(=O)OC[C@@H](COC(=O)CCCCCCCCCC(C)C)OC(=O)CCCCCCCCCCCCCCCCCCCCC(C)C. The van der Waals surface area contributed by atoms with Gasteiger partial charge in [0, 0.05) is 19.3 Å². The van der Waals surface area contributed by atoms with Crippen LogP contribution < -0.4 is 0 Å². The third-order valence-corrected chi connectivity index (χ3v) is 12.7. The Morgan fingerprint density at radius 1 is 0.306 bits per heavy atom. The Bertz CT molecular complexity index is 947. The van der Waals surface area contributed by atoms with Gasteiger partial charge in [-0.3, -0.25) is 14.4 Å². The minimum Gasteiger partial charge on any atom is -0.462 e. The molecular formula is C56H108O6. The summed E-state index contributed by atoms with van der Waals surface area (Å²) in [6.45, 7) is 11.4. The molecule has 0 bridgehead atoms. The van der Waals surface area contributed by atoms with Gasteiger partial charge in [0.1, 0.15) is 13.2 Å². The highest BCUT2D eigenvalue weighted by molar-refractivity contribution is 5.71. The minimum atomic E-state index is -0.762. The Hall–Kier alpha value is -1.59. The van der Waals surface area contributed by atoms with Crippen molar-refractivity contribution < 1.29 is 28.6 Å². The molecule has 1 atom stereocenters. The predicted octanol–water partition coefficient (Wildman–Crippen LogP) is 18.1. The summed E-state index contributed by atoms with van der Waals surface area (Å²) in [4.78, 5) is 38.0. The zero-order valence-electron chi connectivity index (χ0n) is 42.5. The molecule has 0 aromatic carbocycles. The Morgan fingerprint density at radius 2 is 0.532 bits per heavy atom. The van der Waals surface area contributed by atoms with Gasteiger partial charge in [-0.25, -0.2) is 0 Å². The number of hydrogen-bond acceptors (Lipinski definition) is 6. The molecule has 0 aliphatic rings. The Labute approximate surface area is 387 Å². The van der Waals surface area contributed by atoms with E-state index < -0.39 is 6.10 Å². The number of carbonyl (C=O) groups is 3. The lowest BCUT2D eigenvalue weighted by atomic mass is 10.0. The van der Waals surface area contributed by atoms with E-state index in [1.807, 2.05) is 0 Å². The van der Waals surface area contributed by atoms with Gasteiger partial charge in [0.25, 0.3) is 0 Å². The van der Waals surface area contributed by atoms with Crippen LogP contribution in [0.2, 0.25) is 0 Å². The summed E-state index contributed by atoms with van der Waals surface area (Å²) in [5.74, 6) is 0.793. The molecule has 0 amide bonds. The maximum atomic E-state index is 12.8. The first-order valence-electron chi connectivity index (χ1n) is 27.7. The third-order valence-electron chi connectivity index (χ3n) is 12.7. The van der Waals surface area contributed by atoms with E-state index in [1.54, 1.807) is 0 Å². The highest BCUT2D eigenvalue weighted by Gasteiger charge is 2.19. The van der Waals surface area contributed by atoms with Gasteiger partial charge in [0.15, 0.2) is 6.10 Å². The molecule has 0 aromatic heterocycles. The molecule has 0 saturated heterocycles. The highest BCUT2D eigenvalue weighted by Crippen LogP contribution is 2.18. The Morgan fingerprint density at radius 3 is 0.790 bits per heavy atom. The number of carbonyl (C=O) groups excluding carboxylic acids is 3. The molecule has 0 N–H and O–H groups in total. The van der Waals surface area contributed by atoms with Crippen molar-refractivity contribution in [1.29, 1.82) is 0 Å². The van der Waals surface area contributed by atoms with Crippen LogP contribution in [-0.2, 0) is 28.6 Å². The monoisotopic (exact) mass is 877 g/mol. The van der Waals surface area contributed by atoms with Gasteiger partial charge in [0.05, 0.1) is 0 Å². The van der Waals surface area contributed by atoms with Crippen LogP contribution in [-0.4, -0.2) is 37.2 Å². The van der Waals surface area contributed by atoms with Crippen molar-refractivity contribution in [3.63, 3.8) is 0 Å². The smallest absolute Gasteiger partial charge is 0.306 e. The van der Waals surface area contributed by atoms with Crippen LogP contribution >= 0.6 is 0 Å². The van der Waals surface area contributed by atoms with E-state index >= 15 is 0 Å². The molecule has 0 aliphatic carbocycles. The number of ether oxygens (including phenoxy) is 3. The van der Waals surface area contributed by atoms with Crippen molar-refractivity contribution in [1.82, 2.24) is 0 Å². The average Bonchev–Trinajstić information content (AvgIpc) is 3.24. The lowest BCUT2D eigenvalue weighted by Crippen LogP contribution is -2.30. The molecule has 0 aromatic rings. The molecule has 0 heterocycles. The molecule has 0 fully saturated rings. The van der Waals surface area contributed by atoms with E-state index in [1.165, 1.54) is 199 Å². The van der Waals surface area contributed by atoms with Crippen molar-refractivity contribution in [3.8, 4) is 0 Å². The summed E-state index contributed by atoms with van der Waals surface area (Å²) < 4.78 is 16.8. The van der Waals surface area contributed by atoms with E-state index in [9.17, 15) is 14.4 Å². The van der Waals surface area contributed by atoms with Gasteiger partial charge in [-0.15, -0.1) is 0 Å². The van der Waals surface area contributed by atoms with Crippen molar-refractivity contribution in [2.45, 2.75) is 317 Å². The van der Waals surface area contributed by atoms with Crippen LogP contribution in [0, 0.1) is 11.8 Å². The first-order valence-corrected chi connectivity index (χ1v) is 27.7. The zero-order chi connectivity index (χ0) is 45.4. The molecule has 6 heteroatoms. The van der Waals surface area contributed by atoms with E-state index in [0.717, 1.165) is 69.6 Å². The van der Waals surface area contributed by atoms with Crippen molar-refractivity contribution in [3.05, 3.63) is 0 Å². The van der Waals surface area contributed by atoms with Crippen LogP contribution in [0.5, 0.6) is 0 Å². The standard InChI is InChI=1S/C56H108O6/c1-6-7-8-9-10-11-12-19-23-26-31-36-41-46-54(57)60-49-53(50-61-55(58)47-42-37-33-28-30-35-40-45-52(4)5)62-56(59)48-43-38-32-27-24-21-18-16-14-13-15-17-20-22-25-29-34-39-44-51(2)3/h51-53H,6-50H2,1-5H3/t53-/m0/s1. The van der Waals surface area contributed by atoms with Crippen molar-refractivity contribution in [2.75, 3.05) is 13.2 Å². The summed E-state index contributed by atoms with van der Waals surface area (Å²) in [5.41, 5.74) is 0. The second-order valence-corrected chi connectivity index (χ2v) is 20.2. The van der Waals surface area contributed by atoms with E-state index in [4.69, 9.17) is 14.2 Å². The van der Waals surface area contributed by atoms with Crippen LogP contribution in [0.1, 0.15) is 311 Å². The van der Waals surface area contributed by atoms with Crippen LogP contribution in [0.15, 0.2) is 0 Å². The molecule has 0 rings (SSSR count). The summed E-state index contributed by atoms with van der Waals surface area (Å²) in [7, 11) is 0. The van der Waals surface area contributed by atoms with Gasteiger partial charge in [-0.1, -0.05) is 272 Å². The first-order chi connectivity index (χ1) is 30.2. The average molecular weight is 877 g/mol. The zero-order valence-corrected chi connectivity index (χ0v) is 42.5. The summed E-state index contributed by atoms with van der Waals surface area (Å²) >= 11 is 0. The normalized spacial score (nSPS) is 12.0. The second-order valence-electron chi connectivity index (χ2n) is 20.2. The topological polar surface area (TPSA) is 78.9 Å². The summed E-state index contributed by atoms with van der Waals surface area (Å²) in [6, 6.07) is 0. The molecule has 0 spiro atoms. The Balaban J connectivity index is 4.22. The fraction of sp³-hybridized carbons (Fsp3) is 0.946. The number of esters is 3. The fourth-order valence-corrected chi connectivity index (χ4v) is 8.52. The summed E-state index contributed by atoms with van der Waals surface area (Å²) in [6.07, 6.45) is 51.0. The third kappa shape index (κ3) is 49.4. The molecule has 62 heavy (non-hydrogen) atoms. The van der Waals surface area contributed by atoms with Crippen LogP contribution in [0.4, 0.5) is 0 Å². The number of rotatable bonds is 50. The summed E-state index contributed by atoms with van der Waals surface area (Å²) in [5, 5.41) is 0. The minimum absolute atomic E-state index is 0.0636. The second kappa shape index (κ2) is 48.9. The van der Waals surface area contributed by atoms with Gasteiger partial charge in [-0.2, -0.15) is 0 Å². The number of unbranched alkanes of at least 4 members (excludes halogenated alkanes) is 35. The number of hydrogen-bond donors (Lipinski definition) is 0. The van der Waals surface area contributed by atoms with Gasteiger partial charge in [0.2, 0.25) is 0 Å². The van der Waals surface area contributed by atoms with Gasteiger partial charge < -0.3 is 14.2 Å². The predicted molar refractivity (Wildman–Crippen MR) is 266 cm³/mol. The lowest BCUT2D eigenvalue weighted by Gasteiger charge is -2.18. The molecular weight excluding hydrogens is 769 g/mol. The van der Waals surface area contributed by atoms with Crippen LogP contribution in [0.25, 0.3) is 0 Å².